The van der Waals surface area contributed by atoms with Crippen molar-refractivity contribution in [3.05, 3.63) is 36.4 Å². The molecule has 0 unspecified atom stereocenters. The van der Waals surface area contributed by atoms with Crippen LogP contribution in [-0.4, -0.2) is 65.9 Å². The molecule has 7 nitrogen and oxygen atoms in total. The van der Waals surface area contributed by atoms with Crippen molar-refractivity contribution < 1.29 is 9.47 Å². The minimum Gasteiger partial charge on any atom is -0.496 e. The number of aliphatic imine (C=N–C) groups is 1. The number of hydrogen-bond donors (Lipinski definition) is 1. The molecule has 4 heterocycles. The molecule has 2 saturated heterocycles. The summed E-state index contributed by atoms with van der Waals surface area (Å²) in [7, 11) is 3.71. The van der Waals surface area contributed by atoms with Gasteiger partial charge in [0.25, 0.3) is 0 Å². The number of fused-ring (bicyclic) bond motifs is 1. The van der Waals surface area contributed by atoms with Gasteiger partial charge in [0, 0.05) is 31.4 Å². The lowest BCUT2D eigenvalue weighted by atomic mass is 9.77. The quantitative estimate of drug-likeness (QED) is 0.818. The van der Waals surface area contributed by atoms with E-state index in [1.807, 2.05) is 31.3 Å². The Kier molecular flexibility index (Phi) is 4.58. The van der Waals surface area contributed by atoms with Crippen LogP contribution in [0.1, 0.15) is 31.7 Å². The zero-order valence-electron chi connectivity index (χ0n) is 17.9. The van der Waals surface area contributed by atoms with Gasteiger partial charge in [-0.25, -0.2) is 0 Å². The maximum Gasteiger partial charge on any atom is 0.207 e. The third-order valence-electron chi connectivity index (χ3n) is 6.82. The van der Waals surface area contributed by atoms with E-state index in [1.54, 1.807) is 7.11 Å². The van der Waals surface area contributed by atoms with Gasteiger partial charge < -0.3 is 19.3 Å². The molecule has 3 aliphatic heterocycles. The van der Waals surface area contributed by atoms with Crippen molar-refractivity contribution in [3.63, 3.8) is 0 Å². The van der Waals surface area contributed by atoms with Crippen molar-refractivity contribution in [2.45, 2.75) is 32.3 Å². The second kappa shape index (κ2) is 7.16. The van der Waals surface area contributed by atoms with E-state index in [-0.39, 0.29) is 0 Å². The summed E-state index contributed by atoms with van der Waals surface area (Å²) in [6.07, 6.45) is 3.83. The average Bonchev–Trinajstić information content (AvgIpc) is 3.35. The highest BCUT2D eigenvalue weighted by molar-refractivity contribution is 5.99. The Balaban J connectivity index is 1.44. The predicted molar refractivity (Wildman–Crippen MR) is 118 cm³/mol. The molecule has 3 aliphatic rings. The summed E-state index contributed by atoms with van der Waals surface area (Å²) in [6, 6.07) is 7.89. The topological polar surface area (TPSA) is 66.0 Å². The predicted octanol–water partition coefficient (Wildman–Crippen LogP) is 3.88. The molecule has 0 amide bonds. The van der Waals surface area contributed by atoms with E-state index in [9.17, 15) is 0 Å². The van der Waals surface area contributed by atoms with E-state index in [0.29, 0.717) is 11.5 Å². The number of ether oxygens (including phenoxy) is 2. The Bertz CT molecular complexity index is 1000. The van der Waals surface area contributed by atoms with Gasteiger partial charge in [-0.2, -0.15) is 10.1 Å². The van der Waals surface area contributed by atoms with Gasteiger partial charge in [0.05, 0.1) is 25.4 Å². The zero-order chi connectivity index (χ0) is 20.9. The van der Waals surface area contributed by atoms with Gasteiger partial charge in [-0.05, 0) is 43.7 Å². The molecule has 0 aliphatic carbocycles. The lowest BCUT2D eigenvalue weighted by Crippen LogP contribution is -2.49. The Morgan fingerprint density at radius 3 is 2.73 bits per heavy atom. The smallest absolute Gasteiger partial charge is 0.207 e. The summed E-state index contributed by atoms with van der Waals surface area (Å²) in [6.45, 7) is 9.41. The number of nitrogens with zero attached hydrogens (tertiary/aromatic N) is 4. The molecule has 5 rings (SSSR count). The third-order valence-corrected chi connectivity index (χ3v) is 6.82. The molecule has 2 aromatic rings. The van der Waals surface area contributed by atoms with Crippen molar-refractivity contribution >= 4 is 17.5 Å². The zero-order valence-corrected chi connectivity index (χ0v) is 17.9. The molecule has 1 spiro atoms. The maximum absolute atomic E-state index is 5.88. The Morgan fingerprint density at radius 2 is 2.03 bits per heavy atom. The van der Waals surface area contributed by atoms with Crippen LogP contribution in [0.5, 0.6) is 5.75 Å². The molecule has 30 heavy (non-hydrogen) atoms. The van der Waals surface area contributed by atoms with Crippen molar-refractivity contribution in [2.24, 2.45) is 10.4 Å². The summed E-state index contributed by atoms with van der Waals surface area (Å²) in [5.74, 6) is 2.48. The van der Waals surface area contributed by atoms with Crippen molar-refractivity contribution in [2.75, 3.05) is 33.9 Å². The number of nitrogens with one attached hydrogen (secondary N) is 1. The van der Waals surface area contributed by atoms with Crippen molar-refractivity contribution in [1.29, 1.82) is 0 Å². The SMILES string of the molecule is C=C1c2c(-c3ccccc3OC)n[nH]c2N=C(N2CCC3(CC2)CO[C@@H](C)C3)N1C. The molecule has 2 fully saturated rings. The first-order chi connectivity index (χ1) is 14.5. The molecule has 7 heteroatoms. The number of aromatic amines is 1. The average molecular weight is 408 g/mol. The van der Waals surface area contributed by atoms with Gasteiger partial charge in [-0.1, -0.05) is 18.7 Å². The highest BCUT2D eigenvalue weighted by Crippen LogP contribution is 2.44. The molecule has 1 aromatic carbocycles. The first kappa shape index (κ1) is 19.2. The second-order valence-corrected chi connectivity index (χ2v) is 8.73. The fraction of sp³-hybridized carbons (Fsp3) is 0.478. The Hall–Kier alpha value is -2.80. The van der Waals surface area contributed by atoms with Gasteiger partial charge in [-0.3, -0.25) is 5.10 Å². The number of likely N-dealkylation sites (tertiary alicyclic amines) is 1. The van der Waals surface area contributed by atoms with E-state index in [0.717, 1.165) is 72.6 Å². The van der Waals surface area contributed by atoms with E-state index in [1.165, 1.54) is 6.42 Å². The molecule has 0 saturated carbocycles. The molecule has 0 bridgehead atoms. The van der Waals surface area contributed by atoms with Crippen LogP contribution in [0.15, 0.2) is 35.8 Å². The lowest BCUT2D eigenvalue weighted by molar-refractivity contribution is 0.0827. The van der Waals surface area contributed by atoms with Crippen molar-refractivity contribution in [1.82, 2.24) is 20.0 Å². The fourth-order valence-electron chi connectivity index (χ4n) is 5.04. The van der Waals surface area contributed by atoms with Crippen LogP contribution in [0.4, 0.5) is 5.82 Å². The molecule has 1 atom stereocenters. The van der Waals surface area contributed by atoms with E-state index >= 15 is 0 Å². The molecular formula is C23H29N5O2. The van der Waals surface area contributed by atoms with Crippen LogP contribution in [0.25, 0.3) is 17.0 Å². The van der Waals surface area contributed by atoms with E-state index in [2.05, 4.69) is 33.5 Å². The van der Waals surface area contributed by atoms with Gasteiger partial charge in [-0.15, -0.1) is 0 Å². The summed E-state index contributed by atoms with van der Waals surface area (Å²) < 4.78 is 11.4. The molecule has 1 N–H and O–H groups in total. The number of aromatic nitrogens is 2. The summed E-state index contributed by atoms with van der Waals surface area (Å²) in [5.41, 5.74) is 3.91. The van der Waals surface area contributed by atoms with Crippen LogP contribution in [0.2, 0.25) is 0 Å². The maximum atomic E-state index is 5.88. The van der Waals surface area contributed by atoms with Gasteiger partial charge in [0.1, 0.15) is 11.4 Å². The molecule has 158 valence electrons. The van der Waals surface area contributed by atoms with E-state index in [4.69, 9.17) is 14.5 Å². The molecule has 1 aromatic heterocycles. The molecular weight excluding hydrogens is 378 g/mol. The second-order valence-electron chi connectivity index (χ2n) is 8.73. The van der Waals surface area contributed by atoms with Crippen LogP contribution < -0.4 is 4.74 Å². The minimum absolute atomic E-state index is 0.344. The summed E-state index contributed by atoms with van der Waals surface area (Å²) in [5, 5.41) is 7.70. The van der Waals surface area contributed by atoms with Gasteiger partial charge in [0.2, 0.25) is 5.96 Å². The van der Waals surface area contributed by atoms with Crippen LogP contribution >= 0.6 is 0 Å². The van der Waals surface area contributed by atoms with Crippen LogP contribution in [0, 0.1) is 5.41 Å². The number of methoxy groups -OCH3 is 1. The van der Waals surface area contributed by atoms with E-state index < -0.39 is 0 Å². The number of guanidine groups is 1. The standard InChI is InChI=1S/C23H29N5O2/c1-15-13-23(14-30-15)9-11-28(12-10-23)22-24-21-19(16(2)27(22)3)20(25-26-21)17-7-5-6-8-18(17)29-4/h5-8,15H,2,9-14H2,1,3-4H3,(H,25,26)/t15-/m0/s1. The van der Waals surface area contributed by atoms with Crippen molar-refractivity contribution in [3.8, 4) is 17.0 Å². The Morgan fingerprint density at radius 1 is 1.27 bits per heavy atom. The summed E-state index contributed by atoms with van der Waals surface area (Å²) in [4.78, 5) is 9.40. The third kappa shape index (κ3) is 2.99. The van der Waals surface area contributed by atoms with Gasteiger partial charge in [0.15, 0.2) is 5.82 Å². The minimum atomic E-state index is 0.344. The first-order valence-electron chi connectivity index (χ1n) is 10.6. The highest BCUT2D eigenvalue weighted by Gasteiger charge is 2.42. The number of piperidine rings is 1. The number of rotatable bonds is 2. The van der Waals surface area contributed by atoms with Crippen LogP contribution in [0.3, 0.4) is 0 Å². The molecule has 0 radical (unpaired) electrons. The monoisotopic (exact) mass is 407 g/mol. The number of para-hydroxylation sites is 1. The normalized spacial score (nSPS) is 23.0. The van der Waals surface area contributed by atoms with Gasteiger partial charge >= 0.3 is 0 Å². The first-order valence-corrected chi connectivity index (χ1v) is 10.6. The fourth-order valence-corrected chi connectivity index (χ4v) is 5.04. The lowest BCUT2D eigenvalue weighted by Gasteiger charge is -2.42. The number of benzene rings is 1. The largest absolute Gasteiger partial charge is 0.496 e. The highest BCUT2D eigenvalue weighted by atomic mass is 16.5. The summed E-state index contributed by atoms with van der Waals surface area (Å²) >= 11 is 0. The number of H-pyrrole nitrogens is 1. The van der Waals surface area contributed by atoms with Crippen LogP contribution in [-0.2, 0) is 4.74 Å². The number of hydrogen-bond acceptors (Lipinski definition) is 6. The Labute approximate surface area is 177 Å².